The molecule has 0 bridgehead atoms. The van der Waals surface area contributed by atoms with E-state index in [0.717, 1.165) is 18.4 Å². The van der Waals surface area contributed by atoms with E-state index in [9.17, 15) is 10.2 Å². The van der Waals surface area contributed by atoms with Crippen LogP contribution in [0, 0.1) is 0 Å². The van der Waals surface area contributed by atoms with Gasteiger partial charge in [-0.05, 0) is 89.8 Å². The Morgan fingerprint density at radius 1 is 0.778 bits per heavy atom. The Kier molecular flexibility index (Phi) is 13.9. The highest BCUT2D eigenvalue weighted by atomic mass is 32.2. The average molecular weight is 511 g/mol. The molecular weight excluding hydrogens is 460 g/mol. The number of hydrogen-bond donors (Lipinski definition) is 2. The van der Waals surface area contributed by atoms with Gasteiger partial charge in [0.15, 0.2) is 0 Å². The zero-order valence-corrected chi connectivity index (χ0v) is 23.5. The lowest BCUT2D eigenvalue weighted by Gasteiger charge is -2.34. The summed E-state index contributed by atoms with van der Waals surface area (Å²) in [4.78, 5) is 0. The van der Waals surface area contributed by atoms with Crippen LogP contribution < -0.4 is 0 Å². The second-order valence-corrected chi connectivity index (χ2v) is 12.0. The first kappa shape index (κ1) is 29.1. The molecule has 2 atom stereocenters. The molecule has 0 saturated heterocycles. The second kappa shape index (κ2) is 17.1. The number of aromatic hydroxyl groups is 1. The van der Waals surface area contributed by atoms with Gasteiger partial charge < -0.3 is 10.2 Å². The largest absolute Gasteiger partial charge is 0.508 e. The van der Waals surface area contributed by atoms with Crippen molar-refractivity contribution < 1.29 is 10.2 Å². The average Bonchev–Trinajstić information content (AvgIpc) is 2.90. The summed E-state index contributed by atoms with van der Waals surface area (Å²) in [7, 11) is 0. The summed E-state index contributed by atoms with van der Waals surface area (Å²) in [5.74, 6) is 4.16. The van der Waals surface area contributed by atoms with Crippen LogP contribution in [0.2, 0.25) is 0 Å². The number of aryl methyl sites for hydroxylation is 1. The minimum atomic E-state index is 0.106. The second-order valence-electron chi connectivity index (χ2n) is 10.8. The lowest BCUT2D eigenvalue weighted by molar-refractivity contribution is 0.282. The van der Waals surface area contributed by atoms with E-state index in [1.165, 1.54) is 112 Å². The number of phenols is 1. The van der Waals surface area contributed by atoms with E-state index in [4.69, 9.17) is 0 Å². The molecule has 0 radical (unpaired) electrons. The molecule has 2 N–H and O–H groups in total. The predicted octanol–water partition coefficient (Wildman–Crippen LogP) is 9.52. The topological polar surface area (TPSA) is 40.5 Å². The van der Waals surface area contributed by atoms with Crippen LogP contribution in [0.3, 0.4) is 0 Å². The molecule has 2 aromatic carbocycles. The molecule has 3 rings (SSSR count). The van der Waals surface area contributed by atoms with Gasteiger partial charge in [0.1, 0.15) is 5.75 Å². The van der Waals surface area contributed by atoms with E-state index in [1.54, 1.807) is 0 Å². The number of rotatable bonds is 18. The minimum absolute atomic E-state index is 0.106. The highest BCUT2D eigenvalue weighted by molar-refractivity contribution is 7.99. The van der Waals surface area contributed by atoms with Crippen molar-refractivity contribution in [2.75, 3.05) is 11.5 Å². The van der Waals surface area contributed by atoms with Crippen LogP contribution in [0.1, 0.15) is 131 Å². The molecule has 2 nitrogen and oxygen atoms in total. The molecule has 2 unspecified atom stereocenters. The van der Waals surface area contributed by atoms with Crippen LogP contribution in [0.4, 0.5) is 0 Å². The van der Waals surface area contributed by atoms with Crippen molar-refractivity contribution in [2.45, 2.75) is 122 Å². The summed E-state index contributed by atoms with van der Waals surface area (Å²) in [5.41, 5.74) is 5.16. The molecular formula is C33H50O2S. The molecule has 3 heteroatoms. The van der Waals surface area contributed by atoms with Crippen LogP contribution in [-0.2, 0) is 13.0 Å². The summed E-state index contributed by atoms with van der Waals surface area (Å²) in [6.07, 6.45) is 19.9. The Hall–Kier alpha value is -1.45. The molecule has 0 amide bonds. The lowest BCUT2D eigenvalue weighted by Crippen LogP contribution is -2.19. The molecule has 0 aliphatic heterocycles. The van der Waals surface area contributed by atoms with Gasteiger partial charge in [-0.15, -0.1) is 0 Å². The van der Waals surface area contributed by atoms with Crippen molar-refractivity contribution in [3.63, 3.8) is 0 Å². The van der Waals surface area contributed by atoms with Gasteiger partial charge in [-0.1, -0.05) is 101 Å². The van der Waals surface area contributed by atoms with Crippen molar-refractivity contribution in [3.05, 3.63) is 64.7 Å². The standard InChI is InChI=1S/C33H50O2S/c1-2-3-4-12-23-36-24-13-10-8-6-5-7-9-11-14-33-31(28-17-15-27(26-34)16-18-28)21-19-29-25-30(35)20-22-32(29)33/h15-18,20,22,25,31,33-35H,2-14,19,21,23-24,26H2,1H3. The molecule has 36 heavy (non-hydrogen) atoms. The monoisotopic (exact) mass is 510 g/mol. The summed E-state index contributed by atoms with van der Waals surface area (Å²) in [5, 5.41) is 19.4. The first-order chi connectivity index (χ1) is 17.7. The number of fused-ring (bicyclic) bond motifs is 1. The van der Waals surface area contributed by atoms with Crippen molar-refractivity contribution in [1.82, 2.24) is 0 Å². The van der Waals surface area contributed by atoms with Crippen LogP contribution in [0.25, 0.3) is 0 Å². The van der Waals surface area contributed by atoms with Gasteiger partial charge in [0.25, 0.3) is 0 Å². The van der Waals surface area contributed by atoms with Gasteiger partial charge in [-0.3, -0.25) is 0 Å². The van der Waals surface area contributed by atoms with Crippen molar-refractivity contribution >= 4 is 11.8 Å². The van der Waals surface area contributed by atoms with Crippen molar-refractivity contribution in [2.24, 2.45) is 0 Å². The Balaban J connectivity index is 1.35. The Bertz CT molecular complexity index is 847. The summed E-state index contributed by atoms with van der Waals surface area (Å²) < 4.78 is 0. The third-order valence-corrected chi connectivity index (χ3v) is 9.18. The molecule has 2 aromatic rings. The quantitative estimate of drug-likeness (QED) is 0.196. The maximum absolute atomic E-state index is 10.0. The zero-order valence-electron chi connectivity index (χ0n) is 22.7. The minimum Gasteiger partial charge on any atom is -0.508 e. The third kappa shape index (κ3) is 9.78. The maximum Gasteiger partial charge on any atom is 0.115 e. The molecule has 0 aromatic heterocycles. The van der Waals surface area contributed by atoms with Crippen LogP contribution in [0.15, 0.2) is 42.5 Å². The van der Waals surface area contributed by atoms with Gasteiger partial charge in [-0.2, -0.15) is 11.8 Å². The molecule has 1 aliphatic carbocycles. The number of aliphatic hydroxyl groups is 1. The molecule has 0 fully saturated rings. The number of thioether (sulfide) groups is 1. The number of hydrogen-bond acceptors (Lipinski definition) is 3. The highest BCUT2D eigenvalue weighted by Gasteiger charge is 2.30. The molecule has 0 spiro atoms. The fraction of sp³-hybridized carbons (Fsp3) is 0.636. The maximum atomic E-state index is 10.0. The van der Waals surface area contributed by atoms with Crippen LogP contribution in [0.5, 0.6) is 5.75 Å². The van der Waals surface area contributed by atoms with Gasteiger partial charge in [0, 0.05) is 0 Å². The van der Waals surface area contributed by atoms with Gasteiger partial charge in [0.05, 0.1) is 6.61 Å². The molecule has 200 valence electrons. The SMILES string of the molecule is CCCCCCSCCCCCCCCCCC1c2ccc(O)cc2CCC1c1ccc(CO)cc1. The third-order valence-electron chi connectivity index (χ3n) is 8.02. The van der Waals surface area contributed by atoms with Crippen molar-refractivity contribution in [3.8, 4) is 5.75 Å². The Morgan fingerprint density at radius 2 is 1.42 bits per heavy atom. The predicted molar refractivity (Wildman–Crippen MR) is 157 cm³/mol. The summed E-state index contributed by atoms with van der Waals surface area (Å²) in [6, 6.07) is 14.6. The fourth-order valence-corrected chi connectivity index (χ4v) is 6.91. The normalized spacial score (nSPS) is 17.3. The van der Waals surface area contributed by atoms with E-state index < -0.39 is 0 Å². The van der Waals surface area contributed by atoms with Crippen molar-refractivity contribution in [1.29, 1.82) is 0 Å². The first-order valence-electron chi connectivity index (χ1n) is 14.8. The van der Waals surface area contributed by atoms with Gasteiger partial charge in [0.2, 0.25) is 0 Å². The van der Waals surface area contributed by atoms with Gasteiger partial charge in [-0.25, -0.2) is 0 Å². The number of phenolic OH excluding ortho intramolecular Hbond substituents is 1. The number of unbranched alkanes of at least 4 members (excludes halogenated alkanes) is 10. The van der Waals surface area contributed by atoms with E-state index in [-0.39, 0.29) is 6.61 Å². The number of benzene rings is 2. The van der Waals surface area contributed by atoms with Crippen LogP contribution in [-0.4, -0.2) is 21.7 Å². The first-order valence-corrected chi connectivity index (χ1v) is 16.0. The van der Waals surface area contributed by atoms with Crippen LogP contribution >= 0.6 is 11.8 Å². The summed E-state index contributed by atoms with van der Waals surface area (Å²) >= 11 is 2.16. The van der Waals surface area contributed by atoms with E-state index >= 15 is 0 Å². The Morgan fingerprint density at radius 3 is 2.08 bits per heavy atom. The molecule has 0 saturated carbocycles. The number of aliphatic hydroxyl groups excluding tert-OH is 1. The fourth-order valence-electron chi connectivity index (χ4n) is 5.89. The molecule has 0 heterocycles. The smallest absolute Gasteiger partial charge is 0.115 e. The van der Waals surface area contributed by atoms with E-state index in [1.807, 2.05) is 12.1 Å². The van der Waals surface area contributed by atoms with E-state index in [0.29, 0.717) is 17.6 Å². The van der Waals surface area contributed by atoms with E-state index in [2.05, 4.69) is 49.0 Å². The Labute approximate surface area is 225 Å². The highest BCUT2D eigenvalue weighted by Crippen LogP contribution is 2.46. The zero-order chi connectivity index (χ0) is 25.4. The lowest BCUT2D eigenvalue weighted by atomic mass is 9.70. The van der Waals surface area contributed by atoms with Gasteiger partial charge >= 0.3 is 0 Å². The summed E-state index contributed by atoms with van der Waals surface area (Å²) in [6.45, 7) is 2.39. The molecule has 1 aliphatic rings.